The fraction of sp³-hybridized carbons (Fsp3) is 1.00. The van der Waals surface area contributed by atoms with Crippen LogP contribution in [0.25, 0.3) is 0 Å². The molecular formula is C13H29NO2. The molecule has 0 radical (unpaired) electrons. The van der Waals surface area contributed by atoms with E-state index in [2.05, 4.69) is 39.9 Å². The van der Waals surface area contributed by atoms with Gasteiger partial charge in [-0.1, -0.05) is 20.8 Å². The number of aliphatic hydroxyl groups excluding tert-OH is 1. The molecule has 98 valence electrons. The molecule has 3 nitrogen and oxygen atoms in total. The Labute approximate surface area is 101 Å². The summed E-state index contributed by atoms with van der Waals surface area (Å²) in [4.78, 5) is 0. The molecule has 0 heterocycles. The lowest BCUT2D eigenvalue weighted by Crippen LogP contribution is -2.43. The van der Waals surface area contributed by atoms with E-state index in [9.17, 15) is 0 Å². The van der Waals surface area contributed by atoms with Crippen molar-refractivity contribution >= 4 is 0 Å². The normalized spacial score (nSPS) is 15.2. The van der Waals surface area contributed by atoms with E-state index < -0.39 is 0 Å². The molecule has 0 amide bonds. The van der Waals surface area contributed by atoms with Crippen molar-refractivity contribution in [1.82, 2.24) is 5.32 Å². The number of hydrogen-bond acceptors (Lipinski definition) is 3. The Morgan fingerprint density at radius 2 is 1.75 bits per heavy atom. The topological polar surface area (TPSA) is 41.5 Å². The minimum atomic E-state index is -0.0748. The van der Waals surface area contributed by atoms with Crippen LogP contribution in [0.5, 0.6) is 0 Å². The molecule has 0 rings (SSSR count). The number of ether oxygens (including phenoxy) is 1. The Morgan fingerprint density at radius 1 is 1.19 bits per heavy atom. The minimum absolute atomic E-state index is 0.0748. The van der Waals surface area contributed by atoms with Crippen LogP contribution in [0, 0.1) is 5.41 Å². The van der Waals surface area contributed by atoms with Gasteiger partial charge in [0.25, 0.3) is 0 Å². The second kappa shape index (κ2) is 6.58. The zero-order valence-corrected chi connectivity index (χ0v) is 11.8. The summed E-state index contributed by atoms with van der Waals surface area (Å²) in [6, 6.07) is 0.352. The second-order valence-corrected chi connectivity index (χ2v) is 6.10. The molecule has 0 fully saturated rings. The van der Waals surface area contributed by atoms with E-state index >= 15 is 0 Å². The van der Waals surface area contributed by atoms with Gasteiger partial charge < -0.3 is 15.2 Å². The zero-order chi connectivity index (χ0) is 12.8. The van der Waals surface area contributed by atoms with Crippen LogP contribution in [0.1, 0.15) is 47.5 Å². The van der Waals surface area contributed by atoms with Gasteiger partial charge in [-0.2, -0.15) is 0 Å². The van der Waals surface area contributed by atoms with E-state index in [1.54, 1.807) is 7.11 Å². The Balaban J connectivity index is 4.04. The standard InChI is InChI=1S/C13H29NO2/c1-12(2,3)11(7-10-15)14-9-8-13(4,5)16-6/h11,14-15H,7-10H2,1-6H3. The lowest BCUT2D eigenvalue weighted by molar-refractivity contribution is 0.0141. The maximum Gasteiger partial charge on any atom is 0.0634 e. The Hall–Kier alpha value is -0.120. The van der Waals surface area contributed by atoms with Crippen molar-refractivity contribution in [2.24, 2.45) is 5.41 Å². The van der Waals surface area contributed by atoms with Crippen LogP contribution in [0.2, 0.25) is 0 Å². The Bertz CT molecular complexity index is 185. The van der Waals surface area contributed by atoms with Gasteiger partial charge in [-0.05, 0) is 38.6 Å². The second-order valence-electron chi connectivity index (χ2n) is 6.10. The third kappa shape index (κ3) is 6.46. The predicted molar refractivity (Wildman–Crippen MR) is 68.7 cm³/mol. The average molecular weight is 231 g/mol. The molecule has 0 aliphatic rings. The summed E-state index contributed by atoms with van der Waals surface area (Å²) in [7, 11) is 1.75. The van der Waals surface area contributed by atoms with Crippen LogP contribution in [0.4, 0.5) is 0 Å². The zero-order valence-electron chi connectivity index (χ0n) is 11.8. The highest BCUT2D eigenvalue weighted by atomic mass is 16.5. The summed E-state index contributed by atoms with van der Waals surface area (Å²) in [5.41, 5.74) is 0.106. The molecular weight excluding hydrogens is 202 g/mol. The molecule has 0 aliphatic heterocycles. The van der Waals surface area contributed by atoms with Gasteiger partial charge in [0.05, 0.1) is 5.60 Å². The van der Waals surface area contributed by atoms with E-state index in [1.807, 2.05) is 0 Å². The van der Waals surface area contributed by atoms with Gasteiger partial charge in [0, 0.05) is 19.8 Å². The van der Waals surface area contributed by atoms with Crippen molar-refractivity contribution in [3.05, 3.63) is 0 Å². The van der Waals surface area contributed by atoms with Gasteiger partial charge in [-0.3, -0.25) is 0 Å². The van der Waals surface area contributed by atoms with Gasteiger partial charge in [0.15, 0.2) is 0 Å². The highest BCUT2D eigenvalue weighted by Gasteiger charge is 2.24. The van der Waals surface area contributed by atoms with Crippen LogP contribution >= 0.6 is 0 Å². The number of nitrogens with one attached hydrogen (secondary N) is 1. The average Bonchev–Trinajstić information content (AvgIpc) is 2.15. The van der Waals surface area contributed by atoms with Crippen LogP contribution in [-0.2, 0) is 4.74 Å². The number of rotatable bonds is 7. The van der Waals surface area contributed by atoms with E-state index in [1.165, 1.54) is 0 Å². The first-order valence-corrected chi connectivity index (χ1v) is 6.12. The first kappa shape index (κ1) is 15.9. The van der Waals surface area contributed by atoms with Crippen molar-refractivity contribution in [2.45, 2.75) is 59.1 Å². The van der Waals surface area contributed by atoms with Crippen molar-refractivity contribution in [3.8, 4) is 0 Å². The van der Waals surface area contributed by atoms with Crippen LogP contribution in [-0.4, -0.2) is 37.0 Å². The van der Waals surface area contributed by atoms with Crippen molar-refractivity contribution in [2.75, 3.05) is 20.3 Å². The van der Waals surface area contributed by atoms with E-state index in [0.29, 0.717) is 6.04 Å². The van der Waals surface area contributed by atoms with E-state index in [0.717, 1.165) is 19.4 Å². The summed E-state index contributed by atoms with van der Waals surface area (Å²) in [6.45, 7) is 11.9. The number of aliphatic hydroxyl groups is 1. The fourth-order valence-electron chi connectivity index (χ4n) is 1.62. The summed E-state index contributed by atoms with van der Waals surface area (Å²) in [5.74, 6) is 0. The highest BCUT2D eigenvalue weighted by Crippen LogP contribution is 2.22. The predicted octanol–water partition coefficient (Wildman–Crippen LogP) is 2.19. The SMILES string of the molecule is COC(C)(C)CCNC(CCO)C(C)(C)C. The molecule has 0 aromatic heterocycles. The molecule has 3 heteroatoms. The fourth-order valence-corrected chi connectivity index (χ4v) is 1.62. The van der Waals surface area contributed by atoms with E-state index in [-0.39, 0.29) is 17.6 Å². The molecule has 2 N–H and O–H groups in total. The van der Waals surface area contributed by atoms with Gasteiger partial charge in [-0.15, -0.1) is 0 Å². The Morgan fingerprint density at radius 3 is 2.12 bits per heavy atom. The third-order valence-corrected chi connectivity index (χ3v) is 3.13. The molecule has 16 heavy (non-hydrogen) atoms. The molecule has 0 aliphatic carbocycles. The first-order chi connectivity index (χ1) is 7.23. The van der Waals surface area contributed by atoms with Crippen molar-refractivity contribution in [3.63, 3.8) is 0 Å². The number of hydrogen-bond donors (Lipinski definition) is 2. The first-order valence-electron chi connectivity index (χ1n) is 6.12. The molecule has 1 atom stereocenters. The molecule has 0 saturated carbocycles. The lowest BCUT2D eigenvalue weighted by atomic mass is 9.84. The summed E-state index contributed by atoms with van der Waals surface area (Å²) in [6.07, 6.45) is 1.78. The molecule has 0 spiro atoms. The van der Waals surface area contributed by atoms with Crippen molar-refractivity contribution in [1.29, 1.82) is 0 Å². The quantitative estimate of drug-likeness (QED) is 0.706. The van der Waals surface area contributed by atoms with Crippen LogP contribution in [0.3, 0.4) is 0 Å². The maximum atomic E-state index is 9.04. The maximum absolute atomic E-state index is 9.04. The van der Waals surface area contributed by atoms with Gasteiger partial charge >= 0.3 is 0 Å². The lowest BCUT2D eigenvalue weighted by Gasteiger charge is -2.32. The van der Waals surface area contributed by atoms with E-state index in [4.69, 9.17) is 9.84 Å². The summed E-state index contributed by atoms with van der Waals surface area (Å²) < 4.78 is 5.38. The molecule has 0 aromatic carbocycles. The van der Waals surface area contributed by atoms with Gasteiger partial charge in [0.2, 0.25) is 0 Å². The minimum Gasteiger partial charge on any atom is -0.396 e. The largest absolute Gasteiger partial charge is 0.396 e. The molecule has 0 saturated heterocycles. The highest BCUT2D eigenvalue weighted by molar-refractivity contribution is 4.81. The monoisotopic (exact) mass is 231 g/mol. The molecule has 0 bridgehead atoms. The Kier molecular flexibility index (Phi) is 6.53. The molecule has 0 aromatic rings. The van der Waals surface area contributed by atoms with Crippen LogP contribution < -0.4 is 5.32 Å². The smallest absolute Gasteiger partial charge is 0.0634 e. The van der Waals surface area contributed by atoms with Gasteiger partial charge in [-0.25, -0.2) is 0 Å². The number of methoxy groups -OCH3 is 1. The summed E-state index contributed by atoms with van der Waals surface area (Å²) in [5, 5.41) is 12.6. The summed E-state index contributed by atoms with van der Waals surface area (Å²) >= 11 is 0. The van der Waals surface area contributed by atoms with Crippen molar-refractivity contribution < 1.29 is 9.84 Å². The molecule has 1 unspecified atom stereocenters. The van der Waals surface area contributed by atoms with Gasteiger partial charge in [0.1, 0.15) is 0 Å². The third-order valence-electron chi connectivity index (χ3n) is 3.13. The van der Waals surface area contributed by atoms with Crippen LogP contribution in [0.15, 0.2) is 0 Å².